The first-order valence-electron chi connectivity index (χ1n) is 5.17. The first kappa shape index (κ1) is 11.6. The van der Waals surface area contributed by atoms with Crippen LogP contribution in [0.3, 0.4) is 0 Å². The molecule has 16 heavy (non-hydrogen) atoms. The highest BCUT2D eigenvalue weighted by Gasteiger charge is 2.42. The van der Waals surface area contributed by atoms with E-state index in [1.54, 1.807) is 0 Å². The first-order chi connectivity index (χ1) is 7.58. The minimum Gasteiger partial charge on any atom is -0.396 e. The van der Waals surface area contributed by atoms with Crippen molar-refractivity contribution in [1.82, 2.24) is 14.9 Å². The van der Waals surface area contributed by atoms with E-state index in [0.29, 0.717) is 13.0 Å². The van der Waals surface area contributed by atoms with Gasteiger partial charge in [-0.15, -0.1) is 0 Å². The Morgan fingerprint density at radius 2 is 2.31 bits per heavy atom. The molecule has 1 aliphatic carbocycles. The van der Waals surface area contributed by atoms with Crippen LogP contribution in [0.25, 0.3) is 0 Å². The number of aliphatic hydroxyl groups excluding tert-OH is 1. The summed E-state index contributed by atoms with van der Waals surface area (Å²) in [5, 5.41) is 14.9. The van der Waals surface area contributed by atoms with Gasteiger partial charge in [-0.3, -0.25) is 5.10 Å². The van der Waals surface area contributed by atoms with E-state index in [4.69, 9.17) is 5.11 Å². The Hall–Kier alpha value is -0.920. The van der Waals surface area contributed by atoms with Crippen molar-refractivity contribution in [2.24, 2.45) is 5.41 Å². The van der Waals surface area contributed by atoms with Gasteiger partial charge in [-0.25, -0.2) is 13.1 Å². The highest BCUT2D eigenvalue weighted by Crippen LogP contribution is 2.48. The summed E-state index contributed by atoms with van der Waals surface area (Å²) in [5.74, 6) is 0. The minimum atomic E-state index is -3.45. The molecule has 2 rings (SSSR count). The third-order valence-electron chi connectivity index (χ3n) is 3.02. The number of sulfonamides is 1. The van der Waals surface area contributed by atoms with Crippen LogP contribution in [0.2, 0.25) is 0 Å². The summed E-state index contributed by atoms with van der Waals surface area (Å²) in [6.07, 6.45) is 5.21. The van der Waals surface area contributed by atoms with E-state index in [2.05, 4.69) is 14.9 Å². The standard InChI is InChI=1S/C9H15N3O3S/c13-4-3-9(1-2-9)7-12-16(14,15)8-5-10-11-6-8/h5-6,12-13H,1-4,7H2,(H,10,11). The Morgan fingerprint density at radius 1 is 1.56 bits per heavy atom. The monoisotopic (exact) mass is 245 g/mol. The third kappa shape index (κ3) is 2.42. The van der Waals surface area contributed by atoms with Crippen molar-refractivity contribution in [3.05, 3.63) is 12.4 Å². The van der Waals surface area contributed by atoms with E-state index in [1.165, 1.54) is 12.4 Å². The molecule has 7 heteroatoms. The predicted octanol–water partition coefficient (Wildman–Crippen LogP) is -0.149. The lowest BCUT2D eigenvalue weighted by molar-refractivity contribution is 0.249. The van der Waals surface area contributed by atoms with E-state index < -0.39 is 10.0 Å². The molecule has 1 fully saturated rings. The maximum Gasteiger partial charge on any atom is 0.243 e. The highest BCUT2D eigenvalue weighted by molar-refractivity contribution is 7.89. The Morgan fingerprint density at radius 3 is 2.81 bits per heavy atom. The number of rotatable bonds is 6. The van der Waals surface area contributed by atoms with Gasteiger partial charge in [0.25, 0.3) is 0 Å². The van der Waals surface area contributed by atoms with Crippen molar-refractivity contribution in [1.29, 1.82) is 0 Å². The Kier molecular flexibility index (Phi) is 3.00. The number of aromatic amines is 1. The molecule has 1 aromatic heterocycles. The molecule has 0 amide bonds. The summed E-state index contributed by atoms with van der Waals surface area (Å²) in [6, 6.07) is 0. The van der Waals surface area contributed by atoms with Crippen LogP contribution in [0, 0.1) is 5.41 Å². The molecule has 0 spiro atoms. The average molecular weight is 245 g/mol. The molecular weight excluding hydrogens is 230 g/mol. The molecule has 0 saturated heterocycles. The van der Waals surface area contributed by atoms with Gasteiger partial charge in [-0.05, 0) is 24.7 Å². The third-order valence-corrected chi connectivity index (χ3v) is 4.39. The number of aliphatic hydroxyl groups is 1. The zero-order valence-electron chi connectivity index (χ0n) is 8.81. The second kappa shape index (κ2) is 4.15. The van der Waals surface area contributed by atoms with Crippen LogP contribution < -0.4 is 4.72 Å². The summed E-state index contributed by atoms with van der Waals surface area (Å²) in [4.78, 5) is 0.146. The van der Waals surface area contributed by atoms with Crippen LogP contribution in [0.15, 0.2) is 17.3 Å². The fourth-order valence-corrected chi connectivity index (χ4v) is 2.71. The molecule has 1 heterocycles. The second-order valence-corrected chi connectivity index (χ2v) is 6.00. The topological polar surface area (TPSA) is 95.1 Å². The van der Waals surface area contributed by atoms with Gasteiger partial charge in [0.05, 0.1) is 6.20 Å². The highest BCUT2D eigenvalue weighted by atomic mass is 32.2. The van der Waals surface area contributed by atoms with E-state index in [9.17, 15) is 8.42 Å². The molecule has 3 N–H and O–H groups in total. The van der Waals surface area contributed by atoms with E-state index in [-0.39, 0.29) is 16.9 Å². The lowest BCUT2D eigenvalue weighted by Crippen LogP contribution is -2.30. The van der Waals surface area contributed by atoms with Gasteiger partial charge in [0.2, 0.25) is 10.0 Å². The number of nitrogens with zero attached hydrogens (tertiary/aromatic N) is 1. The lowest BCUT2D eigenvalue weighted by atomic mass is 10.0. The first-order valence-corrected chi connectivity index (χ1v) is 6.66. The van der Waals surface area contributed by atoms with Crippen LogP contribution in [-0.2, 0) is 10.0 Å². The van der Waals surface area contributed by atoms with Crippen molar-refractivity contribution in [2.45, 2.75) is 24.2 Å². The van der Waals surface area contributed by atoms with Crippen molar-refractivity contribution < 1.29 is 13.5 Å². The van der Waals surface area contributed by atoms with Crippen LogP contribution in [0.1, 0.15) is 19.3 Å². The maximum absolute atomic E-state index is 11.7. The summed E-state index contributed by atoms with van der Waals surface area (Å²) < 4.78 is 26.0. The number of hydrogen-bond acceptors (Lipinski definition) is 4. The SMILES string of the molecule is O=S(=O)(NCC1(CCO)CC1)c1cn[nH]c1. The molecule has 0 bridgehead atoms. The fourth-order valence-electron chi connectivity index (χ4n) is 1.65. The average Bonchev–Trinajstić information content (AvgIpc) is 2.81. The molecule has 0 aromatic carbocycles. The largest absolute Gasteiger partial charge is 0.396 e. The molecule has 90 valence electrons. The summed E-state index contributed by atoms with van der Waals surface area (Å²) in [5.41, 5.74) is -0.0223. The molecular formula is C9H15N3O3S. The fraction of sp³-hybridized carbons (Fsp3) is 0.667. The normalized spacial score (nSPS) is 18.6. The van der Waals surface area contributed by atoms with E-state index in [1.807, 2.05) is 0 Å². The predicted molar refractivity (Wildman–Crippen MR) is 57.1 cm³/mol. The van der Waals surface area contributed by atoms with Gasteiger partial charge in [-0.1, -0.05) is 0 Å². The number of H-pyrrole nitrogens is 1. The van der Waals surface area contributed by atoms with E-state index in [0.717, 1.165) is 12.8 Å². The molecule has 1 aliphatic rings. The van der Waals surface area contributed by atoms with Crippen molar-refractivity contribution in [3.8, 4) is 0 Å². The maximum atomic E-state index is 11.7. The number of nitrogens with one attached hydrogen (secondary N) is 2. The summed E-state index contributed by atoms with van der Waals surface area (Å²) in [6.45, 7) is 0.495. The zero-order valence-corrected chi connectivity index (χ0v) is 9.63. The number of aromatic nitrogens is 2. The molecule has 0 radical (unpaired) electrons. The zero-order chi connectivity index (χ0) is 11.6. The van der Waals surface area contributed by atoms with Crippen LogP contribution in [-0.4, -0.2) is 36.9 Å². The molecule has 0 aliphatic heterocycles. The van der Waals surface area contributed by atoms with Gasteiger partial charge in [0, 0.05) is 19.3 Å². The molecule has 0 atom stereocenters. The van der Waals surface area contributed by atoms with Crippen LogP contribution >= 0.6 is 0 Å². The molecule has 1 saturated carbocycles. The lowest BCUT2D eigenvalue weighted by Gasteiger charge is -2.13. The molecule has 1 aromatic rings. The Balaban J connectivity index is 1.96. The summed E-state index contributed by atoms with van der Waals surface area (Å²) in [7, 11) is -3.45. The quantitative estimate of drug-likeness (QED) is 0.649. The van der Waals surface area contributed by atoms with Gasteiger partial charge >= 0.3 is 0 Å². The Bertz CT molecular complexity index is 437. The number of hydrogen-bond donors (Lipinski definition) is 3. The van der Waals surface area contributed by atoms with Gasteiger partial charge in [0.1, 0.15) is 4.90 Å². The van der Waals surface area contributed by atoms with Crippen LogP contribution in [0.5, 0.6) is 0 Å². The van der Waals surface area contributed by atoms with Gasteiger partial charge < -0.3 is 5.11 Å². The molecule has 6 nitrogen and oxygen atoms in total. The van der Waals surface area contributed by atoms with Crippen molar-refractivity contribution >= 4 is 10.0 Å². The van der Waals surface area contributed by atoms with Crippen molar-refractivity contribution in [3.63, 3.8) is 0 Å². The minimum absolute atomic E-state index is 0.0223. The van der Waals surface area contributed by atoms with Crippen molar-refractivity contribution in [2.75, 3.05) is 13.2 Å². The van der Waals surface area contributed by atoms with E-state index >= 15 is 0 Å². The molecule has 0 unspecified atom stereocenters. The summed E-state index contributed by atoms with van der Waals surface area (Å²) >= 11 is 0. The van der Waals surface area contributed by atoms with Gasteiger partial charge in [0.15, 0.2) is 0 Å². The Labute approximate surface area is 94.1 Å². The second-order valence-electron chi connectivity index (χ2n) is 4.23. The smallest absolute Gasteiger partial charge is 0.243 e. The van der Waals surface area contributed by atoms with Crippen LogP contribution in [0.4, 0.5) is 0 Å². The van der Waals surface area contributed by atoms with Gasteiger partial charge in [-0.2, -0.15) is 5.10 Å².